The quantitative estimate of drug-likeness (QED) is 0.684. The van der Waals surface area contributed by atoms with Crippen LogP contribution in [0.15, 0.2) is 36.5 Å². The van der Waals surface area contributed by atoms with Crippen molar-refractivity contribution in [1.29, 1.82) is 0 Å². The van der Waals surface area contributed by atoms with Crippen LogP contribution in [0.1, 0.15) is 5.56 Å². The third-order valence-electron chi connectivity index (χ3n) is 2.70. The van der Waals surface area contributed by atoms with Gasteiger partial charge in [-0.2, -0.15) is 4.68 Å². The van der Waals surface area contributed by atoms with Crippen molar-refractivity contribution < 1.29 is 0 Å². The van der Waals surface area contributed by atoms with Crippen LogP contribution in [-0.2, 0) is 0 Å². The van der Waals surface area contributed by atoms with Gasteiger partial charge in [0, 0.05) is 18.0 Å². The highest BCUT2D eigenvalue weighted by Crippen LogP contribution is 2.17. The molecule has 2 N–H and O–H groups in total. The van der Waals surface area contributed by atoms with Crippen molar-refractivity contribution in [3.63, 3.8) is 0 Å². The molecule has 3 aromatic rings. The van der Waals surface area contributed by atoms with E-state index in [1.54, 1.807) is 16.9 Å². The molecule has 2 aromatic heterocycles. The minimum atomic E-state index is 0.682. The third-order valence-corrected chi connectivity index (χ3v) is 2.70. The molecule has 5 nitrogen and oxygen atoms in total. The van der Waals surface area contributed by atoms with E-state index in [0.29, 0.717) is 11.5 Å². The van der Waals surface area contributed by atoms with Crippen molar-refractivity contribution in [2.24, 2.45) is 0 Å². The van der Waals surface area contributed by atoms with Crippen LogP contribution in [0.2, 0.25) is 0 Å². The summed E-state index contributed by atoms with van der Waals surface area (Å²) in [6.45, 7) is 1.92. The van der Waals surface area contributed by atoms with E-state index in [-0.39, 0.29) is 0 Å². The Balaban J connectivity index is 2.24. The average molecular weight is 225 g/mol. The second-order valence-corrected chi connectivity index (χ2v) is 3.89. The maximum absolute atomic E-state index is 5.87. The molecular weight excluding hydrogens is 214 g/mol. The molecule has 0 amide bonds. The number of nitrogen functional groups attached to an aromatic ring is 1. The highest BCUT2D eigenvalue weighted by molar-refractivity contribution is 5.75. The maximum Gasteiger partial charge on any atom is 0.157 e. The average Bonchev–Trinajstić information content (AvgIpc) is 2.76. The molecule has 0 atom stereocenters. The number of para-hydroxylation sites is 1. The van der Waals surface area contributed by atoms with Crippen molar-refractivity contribution in [2.75, 3.05) is 5.73 Å². The Labute approximate surface area is 97.9 Å². The van der Waals surface area contributed by atoms with E-state index in [2.05, 4.69) is 15.3 Å². The molecule has 0 aliphatic heterocycles. The Bertz CT molecular complexity index is 686. The first-order chi connectivity index (χ1) is 8.25. The zero-order valence-electron chi connectivity index (χ0n) is 9.33. The van der Waals surface area contributed by atoms with Gasteiger partial charge < -0.3 is 5.73 Å². The Morgan fingerprint density at radius 2 is 2.06 bits per heavy atom. The number of aryl methyl sites for hydroxylation is 1. The summed E-state index contributed by atoms with van der Waals surface area (Å²) in [6.07, 6.45) is 1.74. The number of aromatic nitrogens is 4. The summed E-state index contributed by atoms with van der Waals surface area (Å²) in [6, 6.07) is 9.54. The fourth-order valence-electron chi connectivity index (χ4n) is 1.68. The van der Waals surface area contributed by atoms with E-state index >= 15 is 0 Å². The molecule has 5 heteroatoms. The van der Waals surface area contributed by atoms with E-state index in [0.717, 1.165) is 16.6 Å². The number of nitrogens with zero attached hydrogens (tertiary/aromatic N) is 4. The van der Waals surface area contributed by atoms with Crippen LogP contribution < -0.4 is 5.73 Å². The van der Waals surface area contributed by atoms with E-state index in [4.69, 9.17) is 5.73 Å². The Morgan fingerprint density at radius 3 is 2.88 bits per heavy atom. The number of hydrogen-bond donors (Lipinski definition) is 1. The molecule has 0 unspecified atom stereocenters. The lowest BCUT2D eigenvalue weighted by Crippen LogP contribution is -2.02. The van der Waals surface area contributed by atoms with Crippen LogP contribution in [0.25, 0.3) is 16.9 Å². The Hall–Kier alpha value is -2.43. The molecule has 0 fully saturated rings. The molecule has 17 heavy (non-hydrogen) atoms. The second-order valence-electron chi connectivity index (χ2n) is 3.89. The van der Waals surface area contributed by atoms with E-state index in [1.807, 2.05) is 31.2 Å². The van der Waals surface area contributed by atoms with Gasteiger partial charge in [-0.3, -0.25) is 0 Å². The first-order valence-electron chi connectivity index (χ1n) is 5.28. The van der Waals surface area contributed by atoms with Crippen molar-refractivity contribution in [1.82, 2.24) is 20.0 Å². The number of fused-ring (bicyclic) bond motifs is 1. The predicted octanol–water partition coefficient (Wildman–Crippen LogP) is 1.71. The van der Waals surface area contributed by atoms with Crippen molar-refractivity contribution >= 4 is 16.7 Å². The summed E-state index contributed by atoms with van der Waals surface area (Å²) in [5.74, 6) is 0.682. The molecule has 0 saturated carbocycles. The first-order valence-corrected chi connectivity index (χ1v) is 5.28. The highest BCUT2D eigenvalue weighted by atomic mass is 15.4. The second kappa shape index (κ2) is 3.55. The van der Waals surface area contributed by atoms with Crippen LogP contribution in [0.3, 0.4) is 0 Å². The molecule has 2 heterocycles. The summed E-state index contributed by atoms with van der Waals surface area (Å²) in [7, 11) is 0. The maximum atomic E-state index is 5.87. The largest absolute Gasteiger partial charge is 0.398 e. The number of nitrogens with two attached hydrogens (primary N) is 1. The lowest BCUT2D eigenvalue weighted by Gasteiger charge is -2.04. The first kappa shape index (κ1) is 9.77. The van der Waals surface area contributed by atoms with Crippen LogP contribution in [-0.4, -0.2) is 20.0 Å². The van der Waals surface area contributed by atoms with E-state index in [9.17, 15) is 0 Å². The van der Waals surface area contributed by atoms with Crippen molar-refractivity contribution in [3.8, 4) is 5.82 Å². The summed E-state index contributed by atoms with van der Waals surface area (Å²) < 4.78 is 1.69. The SMILES string of the molecule is Cc1cnc(-n2nnc3ccccc32)cc1N. The number of pyridine rings is 1. The minimum absolute atomic E-state index is 0.682. The fourth-order valence-corrected chi connectivity index (χ4v) is 1.68. The standard InChI is InChI=1S/C12H11N5/c1-8-7-14-12(6-9(8)13)17-11-5-3-2-4-10(11)15-16-17/h2-7H,1H3,(H2,13,14). The van der Waals surface area contributed by atoms with Gasteiger partial charge in [0.1, 0.15) is 5.52 Å². The van der Waals surface area contributed by atoms with Gasteiger partial charge in [0.25, 0.3) is 0 Å². The molecule has 84 valence electrons. The van der Waals surface area contributed by atoms with Crippen molar-refractivity contribution in [3.05, 3.63) is 42.1 Å². The van der Waals surface area contributed by atoms with Gasteiger partial charge in [0.2, 0.25) is 0 Å². The van der Waals surface area contributed by atoms with Gasteiger partial charge in [-0.1, -0.05) is 17.3 Å². The van der Waals surface area contributed by atoms with Crippen LogP contribution in [0, 0.1) is 6.92 Å². The molecule has 0 spiro atoms. The van der Waals surface area contributed by atoms with Crippen LogP contribution >= 0.6 is 0 Å². The lowest BCUT2D eigenvalue weighted by molar-refractivity contribution is 0.801. The summed E-state index contributed by atoms with van der Waals surface area (Å²) in [4.78, 5) is 4.31. The highest BCUT2D eigenvalue weighted by Gasteiger charge is 2.07. The van der Waals surface area contributed by atoms with Gasteiger partial charge >= 0.3 is 0 Å². The number of rotatable bonds is 1. The van der Waals surface area contributed by atoms with Gasteiger partial charge in [-0.15, -0.1) is 5.10 Å². The number of benzene rings is 1. The monoisotopic (exact) mass is 225 g/mol. The third kappa shape index (κ3) is 1.52. The molecule has 0 aliphatic carbocycles. The van der Waals surface area contributed by atoms with E-state index in [1.165, 1.54) is 0 Å². The molecular formula is C12H11N5. The summed E-state index contributed by atoms with van der Waals surface area (Å²) >= 11 is 0. The van der Waals surface area contributed by atoms with Gasteiger partial charge in [-0.05, 0) is 24.6 Å². The van der Waals surface area contributed by atoms with Crippen LogP contribution in [0.4, 0.5) is 5.69 Å². The molecule has 0 aliphatic rings. The number of anilines is 1. The zero-order chi connectivity index (χ0) is 11.8. The van der Waals surface area contributed by atoms with Gasteiger partial charge in [0.05, 0.1) is 5.52 Å². The Morgan fingerprint density at radius 1 is 1.24 bits per heavy atom. The fraction of sp³-hybridized carbons (Fsp3) is 0.0833. The van der Waals surface area contributed by atoms with Crippen molar-refractivity contribution in [2.45, 2.75) is 6.92 Å². The predicted molar refractivity (Wildman–Crippen MR) is 65.8 cm³/mol. The van der Waals surface area contributed by atoms with Crippen LogP contribution in [0.5, 0.6) is 0 Å². The van der Waals surface area contributed by atoms with Gasteiger partial charge in [0.15, 0.2) is 5.82 Å². The molecule has 0 bridgehead atoms. The Kier molecular flexibility index (Phi) is 2.04. The number of hydrogen-bond acceptors (Lipinski definition) is 4. The lowest BCUT2D eigenvalue weighted by atomic mass is 10.2. The summed E-state index contributed by atoms with van der Waals surface area (Å²) in [5.41, 5.74) is 9.29. The molecule has 0 radical (unpaired) electrons. The minimum Gasteiger partial charge on any atom is -0.398 e. The molecule has 3 rings (SSSR count). The van der Waals surface area contributed by atoms with E-state index < -0.39 is 0 Å². The molecule has 0 saturated heterocycles. The molecule has 1 aromatic carbocycles. The normalized spacial score (nSPS) is 10.9. The van der Waals surface area contributed by atoms with Gasteiger partial charge in [-0.25, -0.2) is 4.98 Å². The topological polar surface area (TPSA) is 69.6 Å². The smallest absolute Gasteiger partial charge is 0.157 e. The summed E-state index contributed by atoms with van der Waals surface area (Å²) in [5, 5.41) is 8.16. The zero-order valence-corrected chi connectivity index (χ0v) is 9.33.